The summed E-state index contributed by atoms with van der Waals surface area (Å²) in [6, 6.07) is 7.42. The van der Waals surface area contributed by atoms with E-state index in [1.54, 1.807) is 12.4 Å². The Morgan fingerprint density at radius 3 is 2.53 bits per heavy atom. The van der Waals surface area contributed by atoms with Gasteiger partial charge in [-0.05, 0) is 24.3 Å². The van der Waals surface area contributed by atoms with E-state index in [-0.39, 0.29) is 5.95 Å². The zero-order valence-electron chi connectivity index (χ0n) is 8.79. The molecule has 0 spiro atoms. The number of anilines is 1. The van der Waals surface area contributed by atoms with E-state index in [0.717, 1.165) is 11.3 Å². The minimum Gasteiger partial charge on any atom is -0.453 e. The van der Waals surface area contributed by atoms with Gasteiger partial charge in [0.25, 0.3) is 0 Å². The smallest absolute Gasteiger partial charge is 0.239 e. The van der Waals surface area contributed by atoms with Crippen LogP contribution in [0.1, 0.15) is 0 Å². The number of pyridine rings is 1. The third-order valence-electron chi connectivity index (χ3n) is 2.31. The second-order valence-electron chi connectivity index (χ2n) is 3.44. The molecular formula is C11H9N5O. The molecule has 0 unspecified atom stereocenters. The van der Waals surface area contributed by atoms with Crippen LogP contribution in [0, 0.1) is 0 Å². The van der Waals surface area contributed by atoms with Gasteiger partial charge in [-0.15, -0.1) is 5.10 Å². The Balaban J connectivity index is 1.99. The third kappa shape index (κ3) is 1.76. The van der Waals surface area contributed by atoms with Crippen LogP contribution in [0.15, 0.2) is 41.1 Å². The number of furan rings is 1. The van der Waals surface area contributed by atoms with Crippen molar-refractivity contribution in [1.82, 2.24) is 20.2 Å². The molecule has 84 valence electrons. The van der Waals surface area contributed by atoms with Gasteiger partial charge in [0.05, 0.1) is 0 Å². The first-order valence-corrected chi connectivity index (χ1v) is 5.01. The number of nitrogens with two attached hydrogens (primary N) is 1. The summed E-state index contributed by atoms with van der Waals surface area (Å²) in [5.41, 5.74) is 6.39. The summed E-state index contributed by atoms with van der Waals surface area (Å²) in [4.78, 5) is 7.95. The van der Waals surface area contributed by atoms with Gasteiger partial charge >= 0.3 is 0 Å². The summed E-state index contributed by atoms with van der Waals surface area (Å²) in [5.74, 6) is 2.06. The number of hydrogen-bond acceptors (Lipinski definition) is 5. The monoisotopic (exact) mass is 227 g/mol. The van der Waals surface area contributed by atoms with Gasteiger partial charge in [0.15, 0.2) is 11.6 Å². The number of nitrogens with one attached hydrogen (secondary N) is 1. The van der Waals surface area contributed by atoms with Crippen LogP contribution in [0.5, 0.6) is 0 Å². The Morgan fingerprint density at radius 2 is 1.82 bits per heavy atom. The molecule has 3 rings (SSSR count). The normalized spacial score (nSPS) is 10.6. The fourth-order valence-electron chi connectivity index (χ4n) is 1.52. The Hall–Kier alpha value is -2.63. The van der Waals surface area contributed by atoms with Crippen LogP contribution in [0.25, 0.3) is 22.9 Å². The quantitative estimate of drug-likeness (QED) is 0.695. The summed E-state index contributed by atoms with van der Waals surface area (Å²) in [5, 5.41) is 6.44. The molecule has 0 aliphatic heterocycles. The van der Waals surface area contributed by atoms with E-state index in [0.29, 0.717) is 11.6 Å². The third-order valence-corrected chi connectivity index (χ3v) is 2.31. The van der Waals surface area contributed by atoms with Crippen molar-refractivity contribution in [2.45, 2.75) is 0 Å². The number of aromatic nitrogens is 4. The maximum absolute atomic E-state index is 5.65. The Bertz CT molecular complexity index is 628. The van der Waals surface area contributed by atoms with Crippen molar-refractivity contribution in [2.24, 2.45) is 0 Å². The molecule has 0 aliphatic rings. The van der Waals surface area contributed by atoms with E-state index >= 15 is 0 Å². The van der Waals surface area contributed by atoms with Gasteiger partial charge in [0, 0.05) is 18.0 Å². The number of hydrogen-bond donors (Lipinski definition) is 2. The second-order valence-corrected chi connectivity index (χ2v) is 3.44. The van der Waals surface area contributed by atoms with E-state index < -0.39 is 0 Å². The lowest BCUT2D eigenvalue weighted by Crippen LogP contribution is -1.85. The van der Waals surface area contributed by atoms with Crippen LogP contribution in [-0.4, -0.2) is 20.2 Å². The summed E-state index contributed by atoms with van der Waals surface area (Å²) >= 11 is 0. The lowest BCUT2D eigenvalue weighted by Gasteiger charge is -1.94. The molecule has 0 aliphatic carbocycles. The van der Waals surface area contributed by atoms with Crippen LogP contribution in [0.2, 0.25) is 0 Å². The molecule has 0 bridgehead atoms. The van der Waals surface area contributed by atoms with E-state index in [1.807, 2.05) is 24.3 Å². The van der Waals surface area contributed by atoms with Crippen molar-refractivity contribution in [3.63, 3.8) is 0 Å². The number of rotatable bonds is 2. The molecule has 0 fully saturated rings. The van der Waals surface area contributed by atoms with Crippen molar-refractivity contribution < 1.29 is 4.42 Å². The number of H-pyrrole nitrogens is 1. The van der Waals surface area contributed by atoms with Gasteiger partial charge in [0.1, 0.15) is 5.76 Å². The van der Waals surface area contributed by atoms with Crippen LogP contribution in [0.3, 0.4) is 0 Å². The van der Waals surface area contributed by atoms with E-state index in [2.05, 4.69) is 20.2 Å². The van der Waals surface area contributed by atoms with Crippen LogP contribution in [0.4, 0.5) is 5.95 Å². The van der Waals surface area contributed by atoms with Crippen LogP contribution < -0.4 is 5.73 Å². The molecule has 3 heterocycles. The molecule has 0 saturated heterocycles. The second kappa shape index (κ2) is 3.75. The Labute approximate surface area is 96.5 Å². The van der Waals surface area contributed by atoms with Crippen LogP contribution in [-0.2, 0) is 0 Å². The van der Waals surface area contributed by atoms with Crippen molar-refractivity contribution in [3.05, 3.63) is 36.7 Å². The number of aromatic amines is 1. The molecule has 6 heteroatoms. The zero-order chi connectivity index (χ0) is 11.7. The van der Waals surface area contributed by atoms with Gasteiger partial charge in [-0.2, -0.15) is 4.98 Å². The average Bonchev–Trinajstić information content (AvgIpc) is 2.98. The van der Waals surface area contributed by atoms with Crippen LogP contribution >= 0.6 is 0 Å². The van der Waals surface area contributed by atoms with Gasteiger partial charge in [0.2, 0.25) is 5.95 Å². The molecular weight excluding hydrogens is 218 g/mol. The zero-order valence-corrected chi connectivity index (χ0v) is 8.79. The lowest BCUT2D eigenvalue weighted by molar-refractivity contribution is 0.592. The molecule has 6 nitrogen and oxygen atoms in total. The molecule has 0 amide bonds. The van der Waals surface area contributed by atoms with Crippen molar-refractivity contribution in [2.75, 3.05) is 5.73 Å². The fraction of sp³-hybridized carbons (Fsp3) is 0. The standard InChI is InChI=1S/C11H9N5O/c12-11-14-10(15-16-11)9-2-1-8(17-9)7-3-5-13-6-4-7/h1-6H,(H3,12,14,15,16). The molecule has 0 radical (unpaired) electrons. The Morgan fingerprint density at radius 1 is 1.06 bits per heavy atom. The predicted octanol–water partition coefficient (Wildman–Crippen LogP) is 1.71. The molecule has 0 aromatic carbocycles. The topological polar surface area (TPSA) is 93.6 Å². The first-order valence-electron chi connectivity index (χ1n) is 5.01. The summed E-state index contributed by atoms with van der Waals surface area (Å²) in [6.07, 6.45) is 3.42. The maximum atomic E-state index is 5.65. The highest BCUT2D eigenvalue weighted by atomic mass is 16.3. The van der Waals surface area contributed by atoms with E-state index in [4.69, 9.17) is 10.2 Å². The lowest BCUT2D eigenvalue weighted by atomic mass is 10.2. The number of nitrogen functional groups attached to an aromatic ring is 1. The van der Waals surface area contributed by atoms with Crippen molar-refractivity contribution in [3.8, 4) is 22.9 Å². The average molecular weight is 227 g/mol. The molecule has 3 N–H and O–H groups in total. The predicted molar refractivity (Wildman–Crippen MR) is 61.7 cm³/mol. The maximum Gasteiger partial charge on any atom is 0.239 e. The molecule has 0 atom stereocenters. The van der Waals surface area contributed by atoms with E-state index in [1.165, 1.54) is 0 Å². The number of nitrogens with zero attached hydrogens (tertiary/aromatic N) is 3. The fourth-order valence-corrected chi connectivity index (χ4v) is 1.52. The largest absolute Gasteiger partial charge is 0.453 e. The minimum absolute atomic E-state index is 0.196. The van der Waals surface area contributed by atoms with Gasteiger partial charge in [-0.3, -0.25) is 10.1 Å². The van der Waals surface area contributed by atoms with E-state index in [9.17, 15) is 0 Å². The minimum atomic E-state index is 0.196. The van der Waals surface area contributed by atoms with Crippen molar-refractivity contribution in [1.29, 1.82) is 0 Å². The highest BCUT2D eigenvalue weighted by molar-refractivity contribution is 5.61. The first-order chi connectivity index (χ1) is 8.33. The highest BCUT2D eigenvalue weighted by Gasteiger charge is 2.09. The van der Waals surface area contributed by atoms with Gasteiger partial charge in [-0.25, -0.2) is 0 Å². The Kier molecular flexibility index (Phi) is 2.11. The molecule has 17 heavy (non-hydrogen) atoms. The molecule has 0 saturated carbocycles. The molecule has 3 aromatic rings. The van der Waals surface area contributed by atoms with Gasteiger partial charge < -0.3 is 10.2 Å². The SMILES string of the molecule is Nc1n[nH]c(-c2ccc(-c3ccncc3)o2)n1. The van der Waals surface area contributed by atoms with Gasteiger partial charge in [-0.1, -0.05) is 0 Å². The summed E-state index contributed by atoms with van der Waals surface area (Å²) in [7, 11) is 0. The molecule has 3 aromatic heterocycles. The summed E-state index contributed by atoms with van der Waals surface area (Å²) < 4.78 is 5.65. The first kappa shape index (κ1) is 9.59. The highest BCUT2D eigenvalue weighted by Crippen LogP contribution is 2.26. The summed E-state index contributed by atoms with van der Waals surface area (Å²) in [6.45, 7) is 0. The van der Waals surface area contributed by atoms with Crippen molar-refractivity contribution >= 4 is 5.95 Å².